The van der Waals surface area contributed by atoms with E-state index in [4.69, 9.17) is 0 Å². The highest BCUT2D eigenvalue weighted by molar-refractivity contribution is 7.90. The second-order valence-electron chi connectivity index (χ2n) is 7.74. The molecule has 5 rings (SSSR count). The summed E-state index contributed by atoms with van der Waals surface area (Å²) >= 11 is 0. The molecule has 0 saturated heterocycles. The molecule has 3 aliphatic carbocycles. The Morgan fingerprint density at radius 2 is 1.68 bits per heavy atom. The number of urea groups is 1. The van der Waals surface area contributed by atoms with Gasteiger partial charge in [0.05, 0.1) is 6.04 Å². The van der Waals surface area contributed by atoms with Gasteiger partial charge in [-0.3, -0.25) is 4.68 Å². The molecule has 2 N–H and O–H groups in total. The van der Waals surface area contributed by atoms with E-state index in [2.05, 4.69) is 10.4 Å². The molecule has 0 radical (unpaired) electrons. The lowest BCUT2D eigenvalue weighted by Crippen LogP contribution is -2.35. The average molecular weight is 404 g/mol. The summed E-state index contributed by atoms with van der Waals surface area (Å²) in [5.74, 6) is -0.135. The number of halogens is 1. The van der Waals surface area contributed by atoms with E-state index in [0.717, 1.165) is 36.8 Å². The number of anilines is 1. The van der Waals surface area contributed by atoms with E-state index in [-0.39, 0.29) is 16.9 Å². The second kappa shape index (κ2) is 6.30. The van der Waals surface area contributed by atoms with E-state index in [1.54, 1.807) is 10.9 Å². The van der Waals surface area contributed by atoms with Crippen LogP contribution in [0, 0.1) is 5.82 Å². The second-order valence-corrected chi connectivity index (χ2v) is 9.36. The van der Waals surface area contributed by atoms with Crippen LogP contribution in [0.4, 0.5) is 14.9 Å². The van der Waals surface area contributed by atoms with Crippen LogP contribution in [0.15, 0.2) is 17.3 Å². The van der Waals surface area contributed by atoms with E-state index in [1.807, 2.05) is 4.72 Å². The molecule has 1 aromatic carbocycles. The van der Waals surface area contributed by atoms with Gasteiger partial charge in [-0.1, -0.05) is 0 Å². The molecule has 0 bridgehead atoms. The van der Waals surface area contributed by atoms with Gasteiger partial charge in [0.2, 0.25) is 0 Å². The van der Waals surface area contributed by atoms with Crippen molar-refractivity contribution < 1.29 is 17.6 Å². The van der Waals surface area contributed by atoms with Crippen molar-refractivity contribution in [2.45, 2.75) is 62.4 Å². The molecule has 7 nitrogen and oxygen atoms in total. The molecule has 0 unspecified atom stereocenters. The molecule has 148 valence electrons. The summed E-state index contributed by atoms with van der Waals surface area (Å²) < 4.78 is 43.4. The minimum atomic E-state index is -4.07. The molecular formula is C19H21FN4O3S. The van der Waals surface area contributed by atoms with E-state index < -0.39 is 16.1 Å². The highest BCUT2D eigenvalue weighted by Gasteiger charge is 2.31. The SMILES string of the molecule is O=C(Nc1c2c(c(F)c3c1CCC3)CCC2)NS(=O)(=O)c1ccn(C2CC2)n1. The Kier molecular flexibility index (Phi) is 3.97. The smallest absolute Gasteiger partial charge is 0.307 e. The highest BCUT2D eigenvalue weighted by atomic mass is 32.2. The Morgan fingerprint density at radius 1 is 1.07 bits per heavy atom. The minimum absolute atomic E-state index is 0.135. The Labute approximate surface area is 162 Å². The Bertz CT molecular complexity index is 1050. The van der Waals surface area contributed by atoms with Crippen LogP contribution in [0.3, 0.4) is 0 Å². The van der Waals surface area contributed by atoms with Crippen LogP contribution in [0.1, 0.15) is 54.0 Å². The number of nitrogens with zero attached hydrogens (tertiary/aromatic N) is 2. The normalized spacial score (nSPS) is 18.0. The quantitative estimate of drug-likeness (QED) is 0.820. The molecule has 2 aromatic rings. The van der Waals surface area contributed by atoms with Gasteiger partial charge < -0.3 is 5.32 Å². The first-order valence-electron chi connectivity index (χ1n) is 9.68. The fourth-order valence-corrected chi connectivity index (χ4v) is 5.20. The predicted octanol–water partition coefficient (Wildman–Crippen LogP) is 2.84. The summed E-state index contributed by atoms with van der Waals surface area (Å²) in [6.07, 6.45) is 7.94. The highest BCUT2D eigenvalue weighted by Crippen LogP contribution is 2.41. The number of hydrogen-bond donors (Lipinski definition) is 2. The number of amides is 2. The molecule has 0 aliphatic heterocycles. The van der Waals surface area contributed by atoms with Gasteiger partial charge in [-0.15, -0.1) is 0 Å². The summed E-state index contributed by atoms with van der Waals surface area (Å²) in [5.41, 5.74) is 3.55. The molecule has 1 saturated carbocycles. The summed E-state index contributed by atoms with van der Waals surface area (Å²) in [5, 5.41) is 6.60. The van der Waals surface area contributed by atoms with E-state index >= 15 is 0 Å². The maximum absolute atomic E-state index is 14.7. The lowest BCUT2D eigenvalue weighted by atomic mass is 9.98. The van der Waals surface area contributed by atoms with Crippen molar-refractivity contribution >= 4 is 21.7 Å². The lowest BCUT2D eigenvalue weighted by molar-refractivity contribution is 0.256. The summed E-state index contributed by atoms with van der Waals surface area (Å²) in [6, 6.07) is 0.805. The van der Waals surface area contributed by atoms with Gasteiger partial charge in [0, 0.05) is 11.9 Å². The molecule has 3 aliphatic rings. The van der Waals surface area contributed by atoms with Crippen molar-refractivity contribution in [3.63, 3.8) is 0 Å². The lowest BCUT2D eigenvalue weighted by Gasteiger charge is -2.17. The number of aromatic nitrogens is 2. The summed E-state index contributed by atoms with van der Waals surface area (Å²) in [7, 11) is -4.07. The van der Waals surface area contributed by atoms with Gasteiger partial charge in [0.25, 0.3) is 10.0 Å². The molecule has 0 atom stereocenters. The van der Waals surface area contributed by atoms with Crippen LogP contribution >= 0.6 is 0 Å². The third-order valence-electron chi connectivity index (χ3n) is 5.81. The van der Waals surface area contributed by atoms with Crippen molar-refractivity contribution in [1.29, 1.82) is 0 Å². The Balaban J connectivity index is 1.40. The molecule has 2 amide bonds. The first-order chi connectivity index (χ1) is 13.4. The van der Waals surface area contributed by atoms with Crippen molar-refractivity contribution in [3.05, 3.63) is 40.3 Å². The Hall–Kier alpha value is -2.42. The van der Waals surface area contributed by atoms with Crippen LogP contribution < -0.4 is 10.0 Å². The van der Waals surface area contributed by atoms with Gasteiger partial charge >= 0.3 is 6.03 Å². The van der Waals surface area contributed by atoms with Crippen LogP contribution in [0.2, 0.25) is 0 Å². The first-order valence-corrected chi connectivity index (χ1v) is 11.2. The number of rotatable bonds is 4. The van der Waals surface area contributed by atoms with Gasteiger partial charge in [0.15, 0.2) is 5.03 Å². The van der Waals surface area contributed by atoms with Gasteiger partial charge in [-0.2, -0.15) is 13.5 Å². The molecule has 28 heavy (non-hydrogen) atoms. The van der Waals surface area contributed by atoms with E-state index in [1.165, 1.54) is 6.07 Å². The number of carbonyl (C=O) groups is 1. The third kappa shape index (κ3) is 2.88. The zero-order chi connectivity index (χ0) is 19.5. The fraction of sp³-hybridized carbons (Fsp3) is 0.474. The molecule has 1 fully saturated rings. The predicted molar refractivity (Wildman–Crippen MR) is 100 cm³/mol. The van der Waals surface area contributed by atoms with Gasteiger partial charge in [-0.05, 0) is 79.7 Å². The van der Waals surface area contributed by atoms with Crippen LogP contribution in [-0.4, -0.2) is 24.2 Å². The summed E-state index contributed by atoms with van der Waals surface area (Å²) in [6.45, 7) is 0. The Morgan fingerprint density at radius 3 is 2.29 bits per heavy atom. The van der Waals surface area contributed by atoms with Crippen LogP contribution in [-0.2, 0) is 35.7 Å². The molecule has 0 spiro atoms. The van der Waals surface area contributed by atoms with E-state index in [9.17, 15) is 17.6 Å². The zero-order valence-electron chi connectivity index (χ0n) is 15.3. The largest absolute Gasteiger partial charge is 0.333 e. The maximum Gasteiger partial charge on any atom is 0.333 e. The van der Waals surface area contributed by atoms with Crippen molar-refractivity contribution in [1.82, 2.24) is 14.5 Å². The molecule has 1 heterocycles. The fourth-order valence-electron chi connectivity index (χ4n) is 4.36. The summed E-state index contributed by atoms with van der Waals surface area (Å²) in [4.78, 5) is 12.5. The maximum atomic E-state index is 14.7. The first kappa shape index (κ1) is 17.7. The third-order valence-corrected chi connectivity index (χ3v) is 7.04. The number of carbonyl (C=O) groups excluding carboxylic acids is 1. The number of sulfonamides is 1. The van der Waals surface area contributed by atoms with Crippen molar-refractivity contribution in [3.8, 4) is 0 Å². The van der Waals surface area contributed by atoms with Gasteiger partial charge in [0.1, 0.15) is 5.82 Å². The number of hydrogen-bond acceptors (Lipinski definition) is 4. The number of nitrogens with one attached hydrogen (secondary N) is 2. The number of fused-ring (bicyclic) bond motifs is 2. The molecular weight excluding hydrogens is 383 g/mol. The number of benzene rings is 1. The monoisotopic (exact) mass is 404 g/mol. The standard InChI is InChI=1S/C19H21FN4O3S/c20-17-12-3-1-5-14(12)18(15-6-2-4-13(15)17)21-19(25)23-28(26,27)16-9-10-24(22-16)11-7-8-11/h9-11H,1-8H2,(H2,21,23,25). The average Bonchev–Trinajstić information content (AvgIpc) is 3.10. The van der Waals surface area contributed by atoms with Gasteiger partial charge in [-0.25, -0.2) is 13.9 Å². The molecule has 9 heteroatoms. The van der Waals surface area contributed by atoms with Crippen LogP contribution in [0.5, 0.6) is 0 Å². The molecule has 1 aromatic heterocycles. The zero-order valence-corrected chi connectivity index (χ0v) is 16.1. The van der Waals surface area contributed by atoms with Crippen LogP contribution in [0.25, 0.3) is 0 Å². The van der Waals surface area contributed by atoms with Crippen molar-refractivity contribution in [2.24, 2.45) is 0 Å². The minimum Gasteiger partial charge on any atom is -0.307 e. The van der Waals surface area contributed by atoms with E-state index in [0.29, 0.717) is 42.5 Å². The topological polar surface area (TPSA) is 93.1 Å². The van der Waals surface area contributed by atoms with Crippen molar-refractivity contribution in [2.75, 3.05) is 5.32 Å².